The molecule has 0 saturated carbocycles. The molecule has 0 aliphatic carbocycles. The van der Waals surface area contributed by atoms with Crippen LogP contribution in [0.1, 0.15) is 28.4 Å². The average Bonchev–Trinajstić information content (AvgIpc) is 2.40. The summed E-state index contributed by atoms with van der Waals surface area (Å²) in [5.74, 6) is 6.32. The highest BCUT2D eigenvalue weighted by Gasteiger charge is 1.98. The van der Waals surface area contributed by atoms with Gasteiger partial charge in [0.1, 0.15) is 0 Å². The molecule has 0 spiro atoms. The van der Waals surface area contributed by atoms with Crippen LogP contribution in [0.2, 0.25) is 0 Å². The summed E-state index contributed by atoms with van der Waals surface area (Å²) < 4.78 is 0. The number of ketones is 1. The Kier molecular flexibility index (Phi) is 3.94. The molecule has 1 nitrogen and oxygen atoms in total. The van der Waals surface area contributed by atoms with Gasteiger partial charge in [0.05, 0.1) is 0 Å². The first-order valence-electron chi connectivity index (χ1n) is 5.89. The highest BCUT2D eigenvalue weighted by atomic mass is 16.1. The minimum Gasteiger partial charge on any atom is -0.295 e. The molecule has 18 heavy (non-hydrogen) atoms. The first-order chi connectivity index (χ1) is 8.75. The summed E-state index contributed by atoms with van der Waals surface area (Å²) in [5.41, 5.74) is 2.83. The van der Waals surface area contributed by atoms with Gasteiger partial charge in [0.25, 0.3) is 0 Å². The maximum atomic E-state index is 11.3. The van der Waals surface area contributed by atoms with E-state index in [-0.39, 0.29) is 5.78 Å². The number of benzene rings is 2. The zero-order valence-electron chi connectivity index (χ0n) is 10.3. The van der Waals surface area contributed by atoms with Gasteiger partial charge in [-0.2, -0.15) is 0 Å². The van der Waals surface area contributed by atoms with Crippen molar-refractivity contribution in [1.82, 2.24) is 0 Å². The molecule has 1 heteroatoms. The van der Waals surface area contributed by atoms with Crippen LogP contribution in [0.3, 0.4) is 0 Å². The summed E-state index contributed by atoms with van der Waals surface area (Å²) in [7, 11) is 0. The summed E-state index contributed by atoms with van der Waals surface area (Å²) in [5, 5.41) is 0. The van der Waals surface area contributed by atoms with E-state index in [1.165, 1.54) is 0 Å². The van der Waals surface area contributed by atoms with E-state index in [2.05, 4.69) is 11.8 Å². The quantitative estimate of drug-likeness (QED) is 0.574. The third-order valence-electron chi connectivity index (χ3n) is 2.63. The Morgan fingerprint density at radius 1 is 1.06 bits per heavy atom. The molecule has 0 N–H and O–H groups in total. The predicted octanol–water partition coefficient (Wildman–Crippen LogP) is 3.48. The largest absolute Gasteiger partial charge is 0.295 e. The number of carbonyl (C=O) groups is 1. The van der Waals surface area contributed by atoms with E-state index < -0.39 is 0 Å². The topological polar surface area (TPSA) is 17.1 Å². The highest BCUT2D eigenvalue weighted by molar-refractivity contribution is 5.94. The maximum absolute atomic E-state index is 11.3. The van der Waals surface area contributed by atoms with Crippen molar-refractivity contribution in [3.63, 3.8) is 0 Å². The van der Waals surface area contributed by atoms with E-state index in [0.717, 1.165) is 16.7 Å². The van der Waals surface area contributed by atoms with Crippen LogP contribution >= 0.6 is 0 Å². The fourth-order valence-corrected chi connectivity index (χ4v) is 1.67. The van der Waals surface area contributed by atoms with Crippen LogP contribution in [0.5, 0.6) is 0 Å². The van der Waals surface area contributed by atoms with Crippen molar-refractivity contribution in [3.05, 3.63) is 71.3 Å². The molecule has 0 fully saturated rings. The predicted molar refractivity (Wildman–Crippen MR) is 73.5 cm³/mol. The van der Waals surface area contributed by atoms with Crippen molar-refractivity contribution < 1.29 is 4.79 Å². The van der Waals surface area contributed by atoms with Gasteiger partial charge < -0.3 is 0 Å². The van der Waals surface area contributed by atoms with Gasteiger partial charge >= 0.3 is 0 Å². The number of rotatable bonds is 2. The Balaban J connectivity index is 2.09. The molecule has 0 aliphatic heterocycles. The van der Waals surface area contributed by atoms with Crippen molar-refractivity contribution in [2.45, 2.75) is 13.3 Å². The van der Waals surface area contributed by atoms with Crippen LogP contribution < -0.4 is 0 Å². The van der Waals surface area contributed by atoms with Gasteiger partial charge in [-0.05, 0) is 30.7 Å². The molecule has 0 unspecified atom stereocenters. The van der Waals surface area contributed by atoms with Crippen molar-refractivity contribution in [2.24, 2.45) is 0 Å². The van der Waals surface area contributed by atoms with E-state index in [0.29, 0.717) is 6.42 Å². The van der Waals surface area contributed by atoms with Gasteiger partial charge in [-0.25, -0.2) is 0 Å². The second-order valence-corrected chi connectivity index (χ2v) is 4.10. The molecule has 0 saturated heterocycles. The third-order valence-corrected chi connectivity index (χ3v) is 2.63. The van der Waals surface area contributed by atoms with Gasteiger partial charge in [-0.1, -0.05) is 48.2 Å². The molecule has 2 aromatic rings. The lowest BCUT2D eigenvalue weighted by Crippen LogP contribution is -1.93. The van der Waals surface area contributed by atoms with E-state index in [1.807, 2.05) is 54.6 Å². The number of carbonyl (C=O) groups excluding carboxylic acids is 1. The van der Waals surface area contributed by atoms with Gasteiger partial charge in [0, 0.05) is 17.5 Å². The summed E-state index contributed by atoms with van der Waals surface area (Å²) in [6.45, 7) is 1.58. The average molecular weight is 234 g/mol. The lowest BCUT2D eigenvalue weighted by Gasteiger charge is -1.98. The molecule has 0 heterocycles. The third kappa shape index (κ3) is 3.33. The van der Waals surface area contributed by atoms with Crippen LogP contribution in [0, 0.1) is 11.8 Å². The fourth-order valence-electron chi connectivity index (χ4n) is 1.67. The summed E-state index contributed by atoms with van der Waals surface area (Å²) >= 11 is 0. The lowest BCUT2D eigenvalue weighted by atomic mass is 10.1. The summed E-state index contributed by atoms with van der Waals surface area (Å²) in [4.78, 5) is 11.3. The van der Waals surface area contributed by atoms with Crippen LogP contribution in [0.25, 0.3) is 0 Å². The Labute approximate surface area is 107 Å². The summed E-state index contributed by atoms with van der Waals surface area (Å²) in [6, 6.07) is 17.5. The van der Waals surface area contributed by atoms with Crippen molar-refractivity contribution in [3.8, 4) is 11.8 Å². The molecule has 0 amide bonds. The Hall–Kier alpha value is -2.33. The molecule has 0 bridgehead atoms. The van der Waals surface area contributed by atoms with Crippen LogP contribution in [0.15, 0.2) is 54.6 Å². The molecule has 88 valence electrons. The molecule has 0 radical (unpaired) electrons. The van der Waals surface area contributed by atoms with E-state index in [4.69, 9.17) is 0 Å². The smallest absolute Gasteiger partial charge is 0.159 e. The van der Waals surface area contributed by atoms with Crippen LogP contribution in [-0.4, -0.2) is 5.78 Å². The molecule has 0 aliphatic rings. The molecule has 2 aromatic carbocycles. The SMILES string of the molecule is CC(=O)c1cccc(CC#Cc2ccccc2)c1. The second kappa shape index (κ2) is 5.84. The minimum atomic E-state index is 0.0906. The monoisotopic (exact) mass is 234 g/mol. The standard InChI is InChI=1S/C17H14O/c1-14(18)17-12-6-11-16(13-17)10-5-9-15-7-3-2-4-8-15/h2-4,6-8,11-13H,10H2,1H3. The lowest BCUT2D eigenvalue weighted by molar-refractivity contribution is 0.101. The number of Topliss-reactive ketones (excluding diaryl/α,β-unsaturated/α-hetero) is 1. The first kappa shape index (κ1) is 12.1. The van der Waals surface area contributed by atoms with E-state index in [1.54, 1.807) is 6.92 Å². The van der Waals surface area contributed by atoms with Gasteiger partial charge in [-0.3, -0.25) is 4.79 Å². The highest BCUT2D eigenvalue weighted by Crippen LogP contribution is 2.06. The van der Waals surface area contributed by atoms with Crippen molar-refractivity contribution in [2.75, 3.05) is 0 Å². The molecular formula is C17H14O. The molecule has 2 rings (SSSR count). The van der Waals surface area contributed by atoms with E-state index >= 15 is 0 Å². The molecule has 0 atom stereocenters. The number of hydrogen-bond donors (Lipinski definition) is 0. The minimum absolute atomic E-state index is 0.0906. The van der Waals surface area contributed by atoms with Crippen LogP contribution in [-0.2, 0) is 6.42 Å². The molecular weight excluding hydrogens is 220 g/mol. The normalized spacial score (nSPS) is 9.39. The van der Waals surface area contributed by atoms with E-state index in [9.17, 15) is 4.79 Å². The maximum Gasteiger partial charge on any atom is 0.159 e. The van der Waals surface area contributed by atoms with Gasteiger partial charge in [0.15, 0.2) is 5.78 Å². The zero-order chi connectivity index (χ0) is 12.8. The Morgan fingerprint density at radius 3 is 2.56 bits per heavy atom. The van der Waals surface area contributed by atoms with Crippen molar-refractivity contribution >= 4 is 5.78 Å². The van der Waals surface area contributed by atoms with Gasteiger partial charge in [-0.15, -0.1) is 0 Å². The molecule has 0 aromatic heterocycles. The van der Waals surface area contributed by atoms with Crippen LogP contribution in [0.4, 0.5) is 0 Å². The fraction of sp³-hybridized carbons (Fsp3) is 0.118. The first-order valence-corrected chi connectivity index (χ1v) is 5.89. The van der Waals surface area contributed by atoms with Crippen molar-refractivity contribution in [1.29, 1.82) is 0 Å². The Morgan fingerprint density at radius 2 is 1.83 bits per heavy atom. The summed E-state index contributed by atoms with van der Waals surface area (Å²) in [6.07, 6.45) is 0.663. The zero-order valence-corrected chi connectivity index (χ0v) is 10.3. The van der Waals surface area contributed by atoms with Gasteiger partial charge in [0.2, 0.25) is 0 Å². The number of hydrogen-bond acceptors (Lipinski definition) is 1. The second-order valence-electron chi connectivity index (χ2n) is 4.10. The Bertz CT molecular complexity index is 600.